The van der Waals surface area contributed by atoms with Crippen LogP contribution in [-0.4, -0.2) is 11.1 Å². The zero-order valence-electron chi connectivity index (χ0n) is 6.28. The van der Waals surface area contributed by atoms with E-state index in [0.717, 1.165) is 13.4 Å². The van der Waals surface area contributed by atoms with Gasteiger partial charge in [-0.1, -0.05) is 31.9 Å². The number of hydrogen-bond acceptors (Lipinski definition) is 1. The molecule has 1 aromatic carbocycles. The lowest BCUT2D eigenvalue weighted by atomic mass is 10.1. The summed E-state index contributed by atoms with van der Waals surface area (Å²) in [4.78, 5) is 11.4. The van der Waals surface area contributed by atoms with E-state index in [1.807, 2.05) is 12.1 Å². The fourth-order valence-electron chi connectivity index (χ4n) is 0.875. The van der Waals surface area contributed by atoms with Gasteiger partial charge in [0.05, 0.1) is 5.33 Å². The van der Waals surface area contributed by atoms with E-state index in [2.05, 4.69) is 63.7 Å². The summed E-state index contributed by atoms with van der Waals surface area (Å²) in [6.45, 7) is 0. The second kappa shape index (κ2) is 5.05. The van der Waals surface area contributed by atoms with Crippen molar-refractivity contribution in [1.82, 2.24) is 0 Å². The minimum absolute atomic E-state index is 0.0475. The lowest BCUT2D eigenvalue weighted by molar-refractivity contribution is 0.102. The summed E-state index contributed by atoms with van der Waals surface area (Å²) < 4.78 is 2.51. The van der Waals surface area contributed by atoms with Gasteiger partial charge in [-0.05, 0) is 44.0 Å². The van der Waals surface area contributed by atoms with E-state index in [4.69, 9.17) is 0 Å². The molecule has 1 aromatic rings. The number of carbonyl (C=O) groups excluding carboxylic acids is 1. The quantitative estimate of drug-likeness (QED) is 0.492. The molecule has 0 aliphatic heterocycles. The predicted molar refractivity (Wildman–Crippen MR) is 67.7 cm³/mol. The molecule has 0 N–H and O–H groups in total. The van der Waals surface area contributed by atoms with Crippen molar-refractivity contribution in [3.63, 3.8) is 0 Å². The van der Waals surface area contributed by atoms with Crippen LogP contribution < -0.4 is 0 Å². The molecule has 0 spiro atoms. The van der Waals surface area contributed by atoms with Crippen molar-refractivity contribution < 1.29 is 4.79 Å². The predicted octanol–water partition coefficient (Wildman–Crippen LogP) is 4.55. The van der Waals surface area contributed by atoms with Gasteiger partial charge in [-0.2, -0.15) is 0 Å². The summed E-state index contributed by atoms with van der Waals surface area (Å²) in [5.41, 5.74) is 0.667. The maximum Gasteiger partial charge on any atom is 0.175 e. The summed E-state index contributed by atoms with van der Waals surface area (Å²) in [5, 5.41) is 0.325. The Balaban J connectivity index is 3.28. The van der Waals surface area contributed by atoms with Crippen LogP contribution in [0.1, 0.15) is 10.4 Å². The molecule has 0 saturated heterocycles. The highest BCUT2D eigenvalue weighted by Gasteiger charge is 2.13. The fourth-order valence-corrected chi connectivity index (χ4v) is 3.86. The minimum atomic E-state index is 0.0475. The van der Waals surface area contributed by atoms with Crippen molar-refractivity contribution in [2.75, 3.05) is 5.33 Å². The number of Topliss-reactive ketones (excluding diaryl/α,β-unsaturated/α-hetero) is 1. The Morgan fingerprint density at radius 2 is 1.62 bits per heavy atom. The monoisotopic (exact) mass is 432 g/mol. The van der Waals surface area contributed by atoms with Crippen molar-refractivity contribution in [3.8, 4) is 0 Å². The normalized spacial score (nSPS) is 10.2. The summed E-state index contributed by atoms with van der Waals surface area (Å²) in [7, 11) is 0. The van der Waals surface area contributed by atoms with Crippen molar-refractivity contribution >= 4 is 69.5 Å². The molecule has 0 amide bonds. The van der Waals surface area contributed by atoms with E-state index in [1.165, 1.54) is 0 Å². The first-order valence-corrected chi connectivity index (χ1v) is 6.80. The molecule has 0 bridgehead atoms. The van der Waals surface area contributed by atoms with Gasteiger partial charge >= 0.3 is 0 Å². The Hall–Kier alpha value is 0.810. The van der Waals surface area contributed by atoms with E-state index in [-0.39, 0.29) is 5.78 Å². The highest BCUT2D eigenvalue weighted by atomic mass is 79.9. The Labute approximate surface area is 110 Å². The lowest BCUT2D eigenvalue weighted by Gasteiger charge is -2.04. The topological polar surface area (TPSA) is 17.1 Å². The Bertz CT molecular complexity index is 325. The molecule has 13 heavy (non-hydrogen) atoms. The smallest absolute Gasteiger partial charge is 0.175 e. The molecule has 1 nitrogen and oxygen atoms in total. The molecule has 0 aliphatic rings. The number of halogens is 4. The first kappa shape index (κ1) is 11.9. The van der Waals surface area contributed by atoms with E-state index in [0.29, 0.717) is 10.9 Å². The van der Waals surface area contributed by atoms with Crippen LogP contribution in [-0.2, 0) is 0 Å². The summed E-state index contributed by atoms with van der Waals surface area (Å²) in [6.07, 6.45) is 0. The molecule has 0 aliphatic carbocycles. The molecular weight excluding hydrogens is 432 g/mol. The Morgan fingerprint density at radius 1 is 1.15 bits per heavy atom. The van der Waals surface area contributed by atoms with Crippen LogP contribution in [0.2, 0.25) is 0 Å². The number of alkyl halides is 1. The second-order valence-corrected chi connectivity index (χ2v) is 5.49. The Kier molecular flexibility index (Phi) is 4.62. The average molecular weight is 436 g/mol. The number of carbonyl (C=O) groups is 1. The van der Waals surface area contributed by atoms with Gasteiger partial charge < -0.3 is 0 Å². The van der Waals surface area contributed by atoms with Crippen LogP contribution in [0.3, 0.4) is 0 Å². The molecule has 0 fully saturated rings. The van der Waals surface area contributed by atoms with E-state index in [9.17, 15) is 4.79 Å². The standard InChI is InChI=1S/C8H4Br4O/c9-3-7(13)8-5(11)1-4(10)2-6(8)12/h1-2H,3H2. The maximum absolute atomic E-state index is 11.4. The van der Waals surface area contributed by atoms with Gasteiger partial charge in [-0.25, -0.2) is 0 Å². The highest BCUT2D eigenvalue weighted by Crippen LogP contribution is 2.30. The first-order chi connectivity index (χ1) is 6.06. The Morgan fingerprint density at radius 3 is 2.00 bits per heavy atom. The summed E-state index contributed by atoms with van der Waals surface area (Å²) in [6, 6.07) is 3.70. The van der Waals surface area contributed by atoms with Crippen molar-refractivity contribution in [1.29, 1.82) is 0 Å². The second-order valence-electron chi connectivity index (χ2n) is 2.30. The molecule has 1 rings (SSSR count). The van der Waals surface area contributed by atoms with Crippen LogP contribution >= 0.6 is 63.7 Å². The number of benzene rings is 1. The summed E-state index contributed by atoms with van der Waals surface area (Å²) in [5.74, 6) is 0.0475. The maximum atomic E-state index is 11.4. The van der Waals surface area contributed by atoms with Crippen LogP contribution in [0.5, 0.6) is 0 Å². The van der Waals surface area contributed by atoms with Gasteiger partial charge in [0.2, 0.25) is 0 Å². The molecule has 0 radical (unpaired) electrons. The largest absolute Gasteiger partial charge is 0.293 e. The highest BCUT2D eigenvalue weighted by molar-refractivity contribution is 9.11. The van der Waals surface area contributed by atoms with Gasteiger partial charge in [0.25, 0.3) is 0 Å². The van der Waals surface area contributed by atoms with Crippen molar-refractivity contribution in [2.45, 2.75) is 0 Å². The molecule has 5 heteroatoms. The SMILES string of the molecule is O=C(CBr)c1c(Br)cc(Br)cc1Br. The van der Waals surface area contributed by atoms with Gasteiger partial charge in [0, 0.05) is 19.0 Å². The minimum Gasteiger partial charge on any atom is -0.293 e. The number of rotatable bonds is 2. The number of hydrogen-bond donors (Lipinski definition) is 0. The fraction of sp³-hybridized carbons (Fsp3) is 0.125. The molecular formula is C8H4Br4O. The molecule has 0 unspecified atom stereocenters. The van der Waals surface area contributed by atoms with Crippen LogP contribution in [0.15, 0.2) is 25.6 Å². The zero-order chi connectivity index (χ0) is 10.0. The van der Waals surface area contributed by atoms with Gasteiger partial charge in [-0.15, -0.1) is 0 Å². The third-order valence-corrected chi connectivity index (χ3v) is 3.63. The van der Waals surface area contributed by atoms with Crippen LogP contribution in [0.4, 0.5) is 0 Å². The average Bonchev–Trinajstić information content (AvgIpc) is 2.02. The molecule has 0 heterocycles. The third kappa shape index (κ3) is 2.88. The van der Waals surface area contributed by atoms with Crippen molar-refractivity contribution in [2.24, 2.45) is 0 Å². The van der Waals surface area contributed by atoms with Gasteiger partial charge in [-0.3, -0.25) is 4.79 Å². The molecule has 0 atom stereocenters. The molecule has 70 valence electrons. The third-order valence-electron chi connectivity index (χ3n) is 1.41. The lowest BCUT2D eigenvalue weighted by Crippen LogP contribution is -2.02. The van der Waals surface area contributed by atoms with Gasteiger partial charge in [0.15, 0.2) is 5.78 Å². The summed E-state index contributed by atoms with van der Waals surface area (Å²) >= 11 is 13.1. The van der Waals surface area contributed by atoms with Crippen LogP contribution in [0.25, 0.3) is 0 Å². The number of ketones is 1. The van der Waals surface area contributed by atoms with E-state index in [1.54, 1.807) is 0 Å². The van der Waals surface area contributed by atoms with E-state index < -0.39 is 0 Å². The molecule has 0 saturated carbocycles. The molecule has 0 aromatic heterocycles. The first-order valence-electron chi connectivity index (χ1n) is 3.30. The van der Waals surface area contributed by atoms with Gasteiger partial charge in [0.1, 0.15) is 0 Å². The zero-order valence-corrected chi connectivity index (χ0v) is 12.6. The van der Waals surface area contributed by atoms with Crippen LogP contribution in [0, 0.1) is 0 Å². The van der Waals surface area contributed by atoms with Crippen molar-refractivity contribution in [3.05, 3.63) is 31.1 Å². The van der Waals surface area contributed by atoms with E-state index >= 15 is 0 Å².